The number of fused-ring (bicyclic) bond motifs is 1. The van der Waals surface area contributed by atoms with Gasteiger partial charge >= 0.3 is 0 Å². The predicted molar refractivity (Wildman–Crippen MR) is 137 cm³/mol. The molecule has 0 unspecified atom stereocenters. The summed E-state index contributed by atoms with van der Waals surface area (Å²) in [5.74, 6) is -0.368. The summed E-state index contributed by atoms with van der Waals surface area (Å²) in [5, 5.41) is 2.94. The van der Waals surface area contributed by atoms with Crippen LogP contribution >= 0.6 is 0 Å². The number of benzene rings is 3. The first-order valence-corrected chi connectivity index (χ1v) is 12.2. The highest BCUT2D eigenvalue weighted by atomic mass is 16.5. The van der Waals surface area contributed by atoms with Gasteiger partial charge in [-0.05, 0) is 54.8 Å². The van der Waals surface area contributed by atoms with Gasteiger partial charge in [-0.15, -0.1) is 0 Å². The third-order valence-corrected chi connectivity index (χ3v) is 6.94. The number of imide groups is 1. The number of amides is 4. The summed E-state index contributed by atoms with van der Waals surface area (Å²) in [6, 6.07) is 21.0. The lowest BCUT2D eigenvalue weighted by Gasteiger charge is -2.31. The number of ether oxygens (including phenoxy) is 1. The Morgan fingerprint density at radius 2 is 1.46 bits per heavy atom. The lowest BCUT2D eigenvalue weighted by molar-refractivity contribution is -0.121. The molecule has 8 heteroatoms. The maximum absolute atomic E-state index is 13.0. The van der Waals surface area contributed by atoms with Crippen molar-refractivity contribution in [3.63, 3.8) is 0 Å². The van der Waals surface area contributed by atoms with Crippen LogP contribution in [0.2, 0.25) is 0 Å². The Balaban J connectivity index is 1.16. The number of methoxy groups -OCH3 is 1. The lowest BCUT2D eigenvalue weighted by atomic mass is 9.95. The molecule has 2 aliphatic rings. The lowest BCUT2D eigenvalue weighted by Crippen LogP contribution is -2.41. The van der Waals surface area contributed by atoms with Crippen LogP contribution in [0.25, 0.3) is 0 Å². The maximum atomic E-state index is 13.0. The monoisotopic (exact) mass is 497 g/mol. The van der Waals surface area contributed by atoms with Crippen molar-refractivity contribution < 1.29 is 23.9 Å². The molecule has 5 rings (SSSR count). The molecule has 0 spiro atoms. The number of hydrogen-bond acceptors (Lipinski definition) is 5. The van der Waals surface area contributed by atoms with Gasteiger partial charge in [0.1, 0.15) is 5.75 Å². The zero-order valence-corrected chi connectivity index (χ0v) is 20.5. The van der Waals surface area contributed by atoms with Crippen LogP contribution in [-0.4, -0.2) is 53.6 Å². The average Bonchev–Trinajstić information content (AvgIpc) is 3.18. The number of carbonyl (C=O) groups is 4. The maximum Gasteiger partial charge on any atom is 0.261 e. The molecule has 4 amide bonds. The average molecular weight is 498 g/mol. The number of rotatable bonds is 6. The second kappa shape index (κ2) is 10.3. The molecule has 1 fully saturated rings. The number of anilines is 1. The Labute approximate surface area is 214 Å². The molecular weight excluding hydrogens is 470 g/mol. The summed E-state index contributed by atoms with van der Waals surface area (Å²) in [4.78, 5) is 54.0. The Bertz CT molecular complexity index is 1320. The molecule has 37 heavy (non-hydrogen) atoms. The van der Waals surface area contributed by atoms with Crippen molar-refractivity contribution >= 4 is 29.3 Å². The van der Waals surface area contributed by atoms with Crippen LogP contribution in [0.4, 0.5) is 5.69 Å². The molecule has 8 nitrogen and oxygen atoms in total. The van der Waals surface area contributed by atoms with Gasteiger partial charge in [0.25, 0.3) is 17.7 Å². The normalized spacial score (nSPS) is 15.5. The number of nitrogens with zero attached hydrogens (tertiary/aromatic N) is 2. The molecule has 3 aromatic carbocycles. The van der Waals surface area contributed by atoms with Crippen LogP contribution in [0, 0.1) is 5.92 Å². The first-order valence-electron chi connectivity index (χ1n) is 12.2. The van der Waals surface area contributed by atoms with E-state index in [0.29, 0.717) is 54.1 Å². The van der Waals surface area contributed by atoms with E-state index in [9.17, 15) is 19.2 Å². The summed E-state index contributed by atoms with van der Waals surface area (Å²) >= 11 is 0. The SMILES string of the molecule is COc1ccccc1NC(=O)C1CCN(C(=O)c2ccc(CN3C(=O)c4ccccc4C3=O)cc2)CC1. The Kier molecular flexibility index (Phi) is 6.72. The van der Waals surface area contributed by atoms with Gasteiger partial charge in [-0.3, -0.25) is 24.1 Å². The van der Waals surface area contributed by atoms with Crippen LogP contribution in [0.5, 0.6) is 5.75 Å². The zero-order valence-electron chi connectivity index (χ0n) is 20.5. The minimum atomic E-state index is -0.307. The number of carbonyl (C=O) groups excluding carboxylic acids is 4. The highest BCUT2D eigenvalue weighted by Gasteiger charge is 2.35. The van der Waals surface area contributed by atoms with Gasteiger partial charge in [-0.1, -0.05) is 36.4 Å². The van der Waals surface area contributed by atoms with E-state index in [1.54, 1.807) is 72.7 Å². The minimum Gasteiger partial charge on any atom is -0.495 e. The molecule has 0 atom stereocenters. The summed E-state index contributed by atoms with van der Waals surface area (Å²) in [5.41, 5.74) is 2.76. The molecule has 2 aliphatic heterocycles. The predicted octanol–water partition coefficient (Wildman–Crippen LogP) is 3.98. The van der Waals surface area contributed by atoms with Crippen molar-refractivity contribution in [1.82, 2.24) is 9.80 Å². The molecule has 0 aromatic heterocycles. The molecule has 2 heterocycles. The largest absolute Gasteiger partial charge is 0.495 e. The molecule has 1 N–H and O–H groups in total. The molecule has 3 aromatic rings. The number of para-hydroxylation sites is 2. The van der Waals surface area contributed by atoms with E-state index in [-0.39, 0.29) is 36.1 Å². The molecule has 1 saturated heterocycles. The second-order valence-corrected chi connectivity index (χ2v) is 9.19. The standard InChI is InChI=1S/C29H27N3O5/c1-37-25-9-5-4-8-24(25)30-26(33)20-14-16-31(17-15-20)27(34)21-12-10-19(11-13-21)18-32-28(35)22-6-2-3-7-23(22)29(32)36/h2-13,20H,14-18H2,1H3,(H,30,33). The number of likely N-dealkylation sites (tertiary alicyclic amines) is 1. The van der Waals surface area contributed by atoms with E-state index in [1.165, 1.54) is 4.90 Å². The van der Waals surface area contributed by atoms with Crippen molar-refractivity contribution in [3.05, 3.63) is 95.1 Å². The fourth-order valence-electron chi connectivity index (χ4n) is 4.83. The van der Waals surface area contributed by atoms with Gasteiger partial charge in [-0.25, -0.2) is 0 Å². The molecule has 0 radical (unpaired) electrons. The van der Waals surface area contributed by atoms with Crippen LogP contribution in [0.15, 0.2) is 72.8 Å². The van der Waals surface area contributed by atoms with Gasteiger partial charge < -0.3 is 15.0 Å². The van der Waals surface area contributed by atoms with Crippen LogP contribution < -0.4 is 10.1 Å². The highest BCUT2D eigenvalue weighted by molar-refractivity contribution is 6.21. The van der Waals surface area contributed by atoms with E-state index < -0.39 is 0 Å². The minimum absolute atomic E-state index is 0.0749. The van der Waals surface area contributed by atoms with Crippen molar-refractivity contribution in [3.8, 4) is 5.75 Å². The van der Waals surface area contributed by atoms with Crippen molar-refractivity contribution in [2.75, 3.05) is 25.5 Å². The van der Waals surface area contributed by atoms with E-state index in [2.05, 4.69) is 5.32 Å². The molecular formula is C29H27N3O5. The van der Waals surface area contributed by atoms with Crippen molar-refractivity contribution in [2.45, 2.75) is 19.4 Å². The van der Waals surface area contributed by atoms with Crippen LogP contribution in [0.1, 0.15) is 49.5 Å². The third kappa shape index (κ3) is 4.82. The van der Waals surface area contributed by atoms with E-state index in [4.69, 9.17) is 4.74 Å². The van der Waals surface area contributed by atoms with Crippen LogP contribution in [-0.2, 0) is 11.3 Å². The number of piperidine rings is 1. The van der Waals surface area contributed by atoms with E-state index >= 15 is 0 Å². The molecule has 0 aliphatic carbocycles. The van der Waals surface area contributed by atoms with Gasteiger partial charge in [0.05, 0.1) is 30.5 Å². The van der Waals surface area contributed by atoms with Crippen LogP contribution in [0.3, 0.4) is 0 Å². The fraction of sp³-hybridized carbons (Fsp3) is 0.241. The number of nitrogens with one attached hydrogen (secondary N) is 1. The van der Waals surface area contributed by atoms with E-state index in [0.717, 1.165) is 5.56 Å². The third-order valence-electron chi connectivity index (χ3n) is 6.94. The number of hydrogen-bond donors (Lipinski definition) is 1. The highest BCUT2D eigenvalue weighted by Crippen LogP contribution is 2.27. The Morgan fingerprint density at radius 1 is 0.865 bits per heavy atom. The van der Waals surface area contributed by atoms with Gasteiger partial charge in [0, 0.05) is 24.6 Å². The molecule has 0 bridgehead atoms. The van der Waals surface area contributed by atoms with E-state index in [1.807, 2.05) is 12.1 Å². The van der Waals surface area contributed by atoms with Crippen molar-refractivity contribution in [2.24, 2.45) is 5.92 Å². The first-order chi connectivity index (χ1) is 18.0. The summed E-state index contributed by atoms with van der Waals surface area (Å²) in [6.07, 6.45) is 1.15. The second-order valence-electron chi connectivity index (χ2n) is 9.19. The van der Waals surface area contributed by atoms with Gasteiger partial charge in [0.2, 0.25) is 5.91 Å². The summed E-state index contributed by atoms with van der Waals surface area (Å²) < 4.78 is 5.30. The fourth-order valence-corrected chi connectivity index (χ4v) is 4.83. The summed E-state index contributed by atoms with van der Waals surface area (Å²) in [7, 11) is 1.56. The molecule has 188 valence electrons. The summed E-state index contributed by atoms with van der Waals surface area (Å²) in [6.45, 7) is 1.12. The Hall–Kier alpha value is -4.46. The zero-order chi connectivity index (χ0) is 25.9. The smallest absolute Gasteiger partial charge is 0.261 e. The van der Waals surface area contributed by atoms with Gasteiger partial charge in [0.15, 0.2) is 0 Å². The molecule has 0 saturated carbocycles. The topological polar surface area (TPSA) is 96.0 Å². The quantitative estimate of drug-likeness (QED) is 0.520. The van der Waals surface area contributed by atoms with Crippen molar-refractivity contribution in [1.29, 1.82) is 0 Å². The van der Waals surface area contributed by atoms with Gasteiger partial charge in [-0.2, -0.15) is 0 Å². The Morgan fingerprint density at radius 3 is 2.08 bits per heavy atom. The first kappa shape index (κ1) is 24.2.